The third-order valence-electron chi connectivity index (χ3n) is 2.54. The number of alkyl halides is 1. The van der Waals surface area contributed by atoms with Crippen molar-refractivity contribution in [3.8, 4) is 17.2 Å². The van der Waals surface area contributed by atoms with Gasteiger partial charge in [-0.25, -0.2) is 0 Å². The zero-order valence-corrected chi connectivity index (χ0v) is 11.1. The Balaban J connectivity index is 3.17. The van der Waals surface area contributed by atoms with Gasteiger partial charge >= 0.3 is 0 Å². The van der Waals surface area contributed by atoms with Crippen molar-refractivity contribution in [2.24, 2.45) is 5.73 Å². The summed E-state index contributed by atoms with van der Waals surface area (Å²) in [5.74, 6) is 2.29. The minimum atomic E-state index is -0.138. The van der Waals surface area contributed by atoms with Crippen LogP contribution in [0.15, 0.2) is 12.1 Å². The Morgan fingerprint density at radius 3 is 2.00 bits per heavy atom. The van der Waals surface area contributed by atoms with E-state index in [0.29, 0.717) is 29.5 Å². The van der Waals surface area contributed by atoms with E-state index in [-0.39, 0.29) is 6.04 Å². The topological polar surface area (TPSA) is 53.7 Å². The number of methoxy groups -OCH3 is 3. The van der Waals surface area contributed by atoms with E-state index in [1.807, 2.05) is 12.1 Å². The van der Waals surface area contributed by atoms with E-state index >= 15 is 0 Å². The van der Waals surface area contributed by atoms with Crippen LogP contribution in [0.2, 0.25) is 0 Å². The highest BCUT2D eigenvalue weighted by Crippen LogP contribution is 2.39. The summed E-state index contributed by atoms with van der Waals surface area (Å²) < 4.78 is 15.7. The van der Waals surface area contributed by atoms with Gasteiger partial charge in [-0.05, 0) is 24.1 Å². The highest BCUT2D eigenvalue weighted by atomic mass is 35.5. The Bertz CT molecular complexity index is 346. The Hall–Kier alpha value is -1.13. The average molecular weight is 260 g/mol. The smallest absolute Gasteiger partial charge is 0.203 e. The lowest BCUT2D eigenvalue weighted by Crippen LogP contribution is -2.11. The van der Waals surface area contributed by atoms with Gasteiger partial charge in [0.2, 0.25) is 5.75 Å². The molecular weight excluding hydrogens is 242 g/mol. The van der Waals surface area contributed by atoms with E-state index in [9.17, 15) is 0 Å². The fraction of sp³-hybridized carbons (Fsp3) is 0.500. The predicted octanol–water partition coefficient (Wildman–Crippen LogP) is 2.34. The third-order valence-corrected chi connectivity index (χ3v) is 2.75. The van der Waals surface area contributed by atoms with E-state index in [0.717, 1.165) is 5.56 Å². The first-order valence-electron chi connectivity index (χ1n) is 5.29. The number of rotatable bonds is 6. The van der Waals surface area contributed by atoms with E-state index in [1.54, 1.807) is 21.3 Å². The molecular formula is C12H18ClNO3. The second kappa shape index (κ2) is 6.57. The Kier molecular flexibility index (Phi) is 5.38. The zero-order chi connectivity index (χ0) is 12.8. The van der Waals surface area contributed by atoms with Crippen molar-refractivity contribution in [3.05, 3.63) is 17.7 Å². The van der Waals surface area contributed by atoms with Gasteiger partial charge in [0.15, 0.2) is 11.5 Å². The lowest BCUT2D eigenvalue weighted by molar-refractivity contribution is 0.323. The monoisotopic (exact) mass is 259 g/mol. The van der Waals surface area contributed by atoms with Crippen molar-refractivity contribution in [2.45, 2.75) is 12.5 Å². The summed E-state index contributed by atoms with van der Waals surface area (Å²) in [7, 11) is 4.72. The van der Waals surface area contributed by atoms with Gasteiger partial charge < -0.3 is 19.9 Å². The maximum absolute atomic E-state index is 6.01. The van der Waals surface area contributed by atoms with Gasteiger partial charge in [-0.1, -0.05) is 0 Å². The molecule has 0 aromatic heterocycles. The minimum Gasteiger partial charge on any atom is -0.493 e. The number of hydrogen-bond donors (Lipinski definition) is 1. The molecule has 0 aliphatic heterocycles. The molecule has 1 aromatic rings. The quantitative estimate of drug-likeness (QED) is 0.797. The molecule has 5 heteroatoms. The molecule has 0 spiro atoms. The fourth-order valence-electron chi connectivity index (χ4n) is 1.60. The van der Waals surface area contributed by atoms with Crippen LogP contribution in [-0.2, 0) is 0 Å². The summed E-state index contributed by atoms with van der Waals surface area (Å²) in [4.78, 5) is 0. The van der Waals surface area contributed by atoms with Crippen LogP contribution in [0.1, 0.15) is 18.0 Å². The van der Waals surface area contributed by atoms with Crippen LogP contribution in [0.4, 0.5) is 0 Å². The number of halogens is 1. The maximum Gasteiger partial charge on any atom is 0.203 e. The molecule has 1 atom stereocenters. The van der Waals surface area contributed by atoms with E-state index in [1.165, 1.54) is 0 Å². The summed E-state index contributed by atoms with van der Waals surface area (Å²) in [6, 6.07) is 3.55. The predicted molar refractivity (Wildman–Crippen MR) is 68.4 cm³/mol. The van der Waals surface area contributed by atoms with Crippen LogP contribution in [0.3, 0.4) is 0 Å². The maximum atomic E-state index is 6.01. The lowest BCUT2D eigenvalue weighted by atomic mass is 10.0. The first kappa shape index (κ1) is 13.9. The highest BCUT2D eigenvalue weighted by Gasteiger charge is 2.16. The molecule has 1 aromatic carbocycles. The molecule has 0 amide bonds. The second-order valence-electron chi connectivity index (χ2n) is 3.54. The summed E-state index contributed by atoms with van der Waals surface area (Å²) in [5.41, 5.74) is 6.92. The van der Waals surface area contributed by atoms with Crippen molar-refractivity contribution >= 4 is 11.6 Å². The van der Waals surface area contributed by atoms with Crippen molar-refractivity contribution in [1.29, 1.82) is 0 Å². The molecule has 96 valence electrons. The Morgan fingerprint density at radius 2 is 1.65 bits per heavy atom. The number of ether oxygens (including phenoxy) is 3. The Morgan fingerprint density at radius 1 is 1.12 bits per heavy atom. The van der Waals surface area contributed by atoms with Crippen molar-refractivity contribution < 1.29 is 14.2 Å². The molecule has 0 aliphatic carbocycles. The van der Waals surface area contributed by atoms with Crippen LogP contribution in [0, 0.1) is 0 Å². The molecule has 0 heterocycles. The average Bonchev–Trinajstić information content (AvgIpc) is 2.37. The van der Waals surface area contributed by atoms with Gasteiger partial charge in [0, 0.05) is 11.9 Å². The lowest BCUT2D eigenvalue weighted by Gasteiger charge is -2.17. The normalized spacial score (nSPS) is 12.1. The largest absolute Gasteiger partial charge is 0.493 e. The molecule has 17 heavy (non-hydrogen) atoms. The summed E-state index contributed by atoms with van der Waals surface area (Å²) in [6.45, 7) is 0. The van der Waals surface area contributed by atoms with Crippen LogP contribution in [0.5, 0.6) is 17.2 Å². The van der Waals surface area contributed by atoms with Crippen molar-refractivity contribution in [2.75, 3.05) is 27.2 Å². The van der Waals surface area contributed by atoms with Gasteiger partial charge in [0.25, 0.3) is 0 Å². The standard InChI is InChI=1S/C12H18ClNO3/c1-15-10-6-8(9(14)4-5-13)7-11(16-2)12(10)17-3/h6-7,9H,4-5,14H2,1-3H3. The van der Waals surface area contributed by atoms with Gasteiger partial charge in [0.05, 0.1) is 21.3 Å². The van der Waals surface area contributed by atoms with Crippen LogP contribution in [-0.4, -0.2) is 27.2 Å². The van der Waals surface area contributed by atoms with Gasteiger partial charge in [-0.15, -0.1) is 11.6 Å². The fourth-order valence-corrected chi connectivity index (χ4v) is 1.83. The summed E-state index contributed by atoms with van der Waals surface area (Å²) in [5, 5.41) is 0. The summed E-state index contributed by atoms with van der Waals surface area (Å²) >= 11 is 5.68. The van der Waals surface area contributed by atoms with Crippen LogP contribution >= 0.6 is 11.6 Å². The van der Waals surface area contributed by atoms with E-state index < -0.39 is 0 Å². The molecule has 0 aliphatic rings. The molecule has 0 saturated carbocycles. The van der Waals surface area contributed by atoms with Crippen molar-refractivity contribution in [3.63, 3.8) is 0 Å². The van der Waals surface area contributed by atoms with Crippen LogP contribution in [0.25, 0.3) is 0 Å². The van der Waals surface area contributed by atoms with Crippen LogP contribution < -0.4 is 19.9 Å². The molecule has 0 radical (unpaired) electrons. The highest BCUT2D eigenvalue weighted by molar-refractivity contribution is 6.17. The Labute approximate surface area is 107 Å². The zero-order valence-electron chi connectivity index (χ0n) is 10.3. The second-order valence-corrected chi connectivity index (χ2v) is 3.92. The molecule has 2 N–H and O–H groups in total. The first-order valence-corrected chi connectivity index (χ1v) is 5.82. The molecule has 4 nitrogen and oxygen atoms in total. The number of benzene rings is 1. The van der Waals surface area contributed by atoms with Gasteiger partial charge in [-0.3, -0.25) is 0 Å². The van der Waals surface area contributed by atoms with Gasteiger partial charge in [-0.2, -0.15) is 0 Å². The molecule has 0 bridgehead atoms. The minimum absolute atomic E-state index is 0.138. The van der Waals surface area contributed by atoms with E-state index in [2.05, 4.69) is 0 Å². The molecule has 1 rings (SSSR count). The number of nitrogens with two attached hydrogens (primary N) is 1. The first-order chi connectivity index (χ1) is 8.17. The van der Waals surface area contributed by atoms with Crippen molar-refractivity contribution in [1.82, 2.24) is 0 Å². The molecule has 0 fully saturated rings. The van der Waals surface area contributed by atoms with Gasteiger partial charge in [0.1, 0.15) is 0 Å². The number of hydrogen-bond acceptors (Lipinski definition) is 4. The third kappa shape index (κ3) is 3.17. The molecule has 1 unspecified atom stereocenters. The SMILES string of the molecule is COc1cc(C(N)CCCl)cc(OC)c1OC. The summed E-state index contributed by atoms with van der Waals surface area (Å²) in [6.07, 6.45) is 0.695. The van der Waals surface area contributed by atoms with E-state index in [4.69, 9.17) is 31.5 Å². The molecule has 0 saturated heterocycles.